The first-order valence-electron chi connectivity index (χ1n) is 7.23. The normalized spacial score (nSPS) is 24.5. The SMILES string of the molecule is CCOC1CC(NC(=O)c2ncoc2C(C)C)C1(C)C. The minimum atomic E-state index is -0.157. The molecule has 1 aromatic heterocycles. The van der Waals surface area contributed by atoms with Crippen molar-refractivity contribution in [2.75, 3.05) is 6.61 Å². The van der Waals surface area contributed by atoms with E-state index in [2.05, 4.69) is 24.1 Å². The monoisotopic (exact) mass is 280 g/mol. The maximum atomic E-state index is 12.3. The van der Waals surface area contributed by atoms with E-state index in [1.54, 1.807) is 0 Å². The number of amides is 1. The van der Waals surface area contributed by atoms with Crippen molar-refractivity contribution < 1.29 is 13.9 Å². The van der Waals surface area contributed by atoms with Crippen molar-refractivity contribution in [3.05, 3.63) is 17.8 Å². The summed E-state index contributed by atoms with van der Waals surface area (Å²) in [6.45, 7) is 10.9. The predicted molar refractivity (Wildman–Crippen MR) is 75.7 cm³/mol. The first-order chi connectivity index (χ1) is 9.37. The van der Waals surface area contributed by atoms with Crippen LogP contribution in [0.3, 0.4) is 0 Å². The third-order valence-corrected chi connectivity index (χ3v) is 4.19. The first-order valence-corrected chi connectivity index (χ1v) is 7.23. The number of nitrogens with zero attached hydrogens (tertiary/aromatic N) is 1. The minimum absolute atomic E-state index is 0.0482. The minimum Gasteiger partial charge on any atom is -0.447 e. The second-order valence-electron chi connectivity index (χ2n) is 6.25. The lowest BCUT2D eigenvalue weighted by molar-refractivity contribution is -0.111. The molecule has 1 aliphatic rings. The molecule has 0 aromatic carbocycles. The summed E-state index contributed by atoms with van der Waals surface area (Å²) in [5.74, 6) is 0.625. The maximum absolute atomic E-state index is 12.3. The van der Waals surface area contributed by atoms with E-state index in [1.807, 2.05) is 20.8 Å². The molecule has 0 aliphatic heterocycles. The molecular formula is C15H24N2O3. The number of hydrogen-bond acceptors (Lipinski definition) is 4. The smallest absolute Gasteiger partial charge is 0.273 e. The van der Waals surface area contributed by atoms with Crippen LogP contribution < -0.4 is 5.32 Å². The highest BCUT2D eigenvalue weighted by Gasteiger charge is 2.49. The molecule has 1 fully saturated rings. The summed E-state index contributed by atoms with van der Waals surface area (Å²) in [4.78, 5) is 16.4. The summed E-state index contributed by atoms with van der Waals surface area (Å²) < 4.78 is 11.0. The van der Waals surface area contributed by atoms with E-state index in [4.69, 9.17) is 9.15 Å². The van der Waals surface area contributed by atoms with Gasteiger partial charge >= 0.3 is 0 Å². The molecule has 5 nitrogen and oxygen atoms in total. The van der Waals surface area contributed by atoms with Gasteiger partial charge in [0.05, 0.1) is 6.10 Å². The van der Waals surface area contributed by atoms with E-state index in [0.717, 1.165) is 6.42 Å². The molecule has 1 saturated carbocycles. The van der Waals surface area contributed by atoms with Crippen LogP contribution >= 0.6 is 0 Å². The predicted octanol–water partition coefficient (Wildman–Crippen LogP) is 2.73. The zero-order valence-electron chi connectivity index (χ0n) is 12.9. The highest BCUT2D eigenvalue weighted by molar-refractivity contribution is 5.93. The molecule has 1 amide bonds. The molecule has 20 heavy (non-hydrogen) atoms. The lowest BCUT2D eigenvalue weighted by Gasteiger charge is -2.51. The average Bonchev–Trinajstić information content (AvgIpc) is 2.86. The topological polar surface area (TPSA) is 64.4 Å². The number of rotatable bonds is 5. The third-order valence-electron chi connectivity index (χ3n) is 4.19. The van der Waals surface area contributed by atoms with Gasteiger partial charge in [-0.1, -0.05) is 27.7 Å². The van der Waals surface area contributed by atoms with Gasteiger partial charge in [-0.25, -0.2) is 4.98 Å². The van der Waals surface area contributed by atoms with Crippen molar-refractivity contribution in [3.63, 3.8) is 0 Å². The molecule has 5 heteroatoms. The van der Waals surface area contributed by atoms with Crippen molar-refractivity contribution in [3.8, 4) is 0 Å². The van der Waals surface area contributed by atoms with Gasteiger partial charge < -0.3 is 14.5 Å². The van der Waals surface area contributed by atoms with Gasteiger partial charge in [0.25, 0.3) is 5.91 Å². The summed E-state index contributed by atoms with van der Waals surface area (Å²) in [6.07, 6.45) is 2.39. The Morgan fingerprint density at radius 2 is 2.30 bits per heavy atom. The lowest BCUT2D eigenvalue weighted by atomic mass is 9.64. The van der Waals surface area contributed by atoms with Gasteiger partial charge in [-0.2, -0.15) is 0 Å². The second-order valence-corrected chi connectivity index (χ2v) is 6.25. The highest BCUT2D eigenvalue weighted by Crippen LogP contribution is 2.42. The van der Waals surface area contributed by atoms with Gasteiger partial charge in [-0.3, -0.25) is 4.79 Å². The van der Waals surface area contributed by atoms with Gasteiger partial charge in [0.2, 0.25) is 0 Å². The Morgan fingerprint density at radius 1 is 1.60 bits per heavy atom. The molecule has 1 N–H and O–H groups in total. The van der Waals surface area contributed by atoms with E-state index in [9.17, 15) is 4.79 Å². The summed E-state index contributed by atoms with van der Waals surface area (Å²) in [5.41, 5.74) is 0.351. The molecule has 1 aromatic rings. The van der Waals surface area contributed by atoms with E-state index in [0.29, 0.717) is 18.1 Å². The van der Waals surface area contributed by atoms with Crippen LogP contribution in [0.15, 0.2) is 10.8 Å². The number of carbonyl (C=O) groups is 1. The van der Waals surface area contributed by atoms with Crippen LogP contribution in [-0.4, -0.2) is 29.6 Å². The Bertz CT molecular complexity index is 479. The van der Waals surface area contributed by atoms with Crippen molar-refractivity contribution in [1.29, 1.82) is 0 Å². The largest absolute Gasteiger partial charge is 0.447 e. The summed E-state index contributed by atoms with van der Waals surface area (Å²) in [7, 11) is 0. The van der Waals surface area contributed by atoms with E-state index >= 15 is 0 Å². The number of nitrogens with one attached hydrogen (secondary N) is 1. The fraction of sp³-hybridized carbons (Fsp3) is 0.733. The standard InChI is InChI=1S/C15H24N2O3/c1-6-19-11-7-10(15(11,4)5)17-14(18)12-13(9(2)3)20-8-16-12/h8-11H,6-7H2,1-5H3,(H,17,18). The Balaban J connectivity index is 2.01. The van der Waals surface area contributed by atoms with Crippen molar-refractivity contribution in [2.45, 2.75) is 59.1 Å². The third kappa shape index (κ3) is 2.59. The van der Waals surface area contributed by atoms with Gasteiger partial charge in [-0.05, 0) is 13.3 Å². The van der Waals surface area contributed by atoms with Crippen LogP contribution in [0, 0.1) is 5.41 Å². The molecule has 1 aliphatic carbocycles. The molecule has 0 saturated heterocycles. The van der Waals surface area contributed by atoms with Crippen LogP contribution in [0.1, 0.15) is 63.2 Å². The van der Waals surface area contributed by atoms with E-state index in [-0.39, 0.29) is 29.4 Å². The summed E-state index contributed by atoms with van der Waals surface area (Å²) in [6, 6.07) is 0.114. The summed E-state index contributed by atoms with van der Waals surface area (Å²) >= 11 is 0. The fourth-order valence-corrected chi connectivity index (χ4v) is 2.68. The highest BCUT2D eigenvalue weighted by atomic mass is 16.5. The second kappa shape index (κ2) is 5.56. The summed E-state index contributed by atoms with van der Waals surface area (Å²) in [5, 5.41) is 3.05. The Hall–Kier alpha value is -1.36. The van der Waals surface area contributed by atoms with Crippen LogP contribution in [-0.2, 0) is 4.74 Å². The van der Waals surface area contributed by atoms with Gasteiger partial charge in [0.15, 0.2) is 12.1 Å². The molecule has 2 unspecified atom stereocenters. The number of aromatic nitrogens is 1. The molecule has 0 radical (unpaired) electrons. The Kier molecular flexibility index (Phi) is 4.18. The van der Waals surface area contributed by atoms with E-state index < -0.39 is 0 Å². The van der Waals surface area contributed by atoms with Gasteiger partial charge in [-0.15, -0.1) is 0 Å². The molecule has 0 bridgehead atoms. The number of carbonyl (C=O) groups excluding carboxylic acids is 1. The number of oxazole rings is 1. The molecule has 2 atom stereocenters. The molecule has 112 valence electrons. The zero-order valence-corrected chi connectivity index (χ0v) is 12.9. The Morgan fingerprint density at radius 3 is 2.85 bits per heavy atom. The van der Waals surface area contributed by atoms with Crippen LogP contribution in [0.25, 0.3) is 0 Å². The van der Waals surface area contributed by atoms with Crippen molar-refractivity contribution >= 4 is 5.91 Å². The van der Waals surface area contributed by atoms with Crippen LogP contribution in [0.4, 0.5) is 0 Å². The zero-order chi connectivity index (χ0) is 14.9. The van der Waals surface area contributed by atoms with E-state index in [1.165, 1.54) is 6.39 Å². The molecular weight excluding hydrogens is 256 g/mol. The quantitative estimate of drug-likeness (QED) is 0.900. The molecule has 1 heterocycles. The Labute approximate surface area is 120 Å². The molecule has 2 rings (SSSR count). The average molecular weight is 280 g/mol. The first kappa shape index (κ1) is 15.0. The molecule has 0 spiro atoms. The lowest BCUT2D eigenvalue weighted by Crippen LogP contribution is -2.62. The number of hydrogen-bond donors (Lipinski definition) is 1. The maximum Gasteiger partial charge on any atom is 0.273 e. The number of ether oxygens (including phenoxy) is 1. The van der Waals surface area contributed by atoms with Gasteiger partial charge in [0.1, 0.15) is 5.76 Å². The van der Waals surface area contributed by atoms with Crippen molar-refractivity contribution in [1.82, 2.24) is 10.3 Å². The van der Waals surface area contributed by atoms with Crippen LogP contribution in [0.5, 0.6) is 0 Å². The van der Waals surface area contributed by atoms with Crippen molar-refractivity contribution in [2.24, 2.45) is 5.41 Å². The fourth-order valence-electron chi connectivity index (χ4n) is 2.68. The van der Waals surface area contributed by atoms with Crippen LogP contribution in [0.2, 0.25) is 0 Å². The van der Waals surface area contributed by atoms with Gasteiger partial charge in [0, 0.05) is 24.0 Å².